The summed E-state index contributed by atoms with van der Waals surface area (Å²) in [4.78, 5) is 14.4. The average molecular weight is 427 g/mol. The van der Waals surface area contributed by atoms with E-state index in [1.165, 1.54) is 34.4 Å². The Kier molecular flexibility index (Phi) is 5.28. The molecule has 5 rings (SSSR count). The topological polar surface area (TPSA) is 49.2 Å². The van der Waals surface area contributed by atoms with Gasteiger partial charge >= 0.3 is 5.97 Å². The molecule has 0 bridgehead atoms. The number of quaternary nitrogens is 1. The van der Waals surface area contributed by atoms with E-state index in [0.29, 0.717) is 11.8 Å². The maximum atomic E-state index is 12.9. The number of carbonyl (C=O) groups excluding carboxylic acids is 1. The third-order valence-corrected chi connectivity index (χ3v) is 8.72. The summed E-state index contributed by atoms with van der Waals surface area (Å²) >= 11 is 0. The van der Waals surface area contributed by atoms with Gasteiger partial charge in [0, 0.05) is 17.9 Å². The fraction of sp³-hybridized carbons (Fsp3) is 0.654. The SMILES string of the molecule is C=C1CCC[C@]2(C)C[C@H]3OC(=O)[C@H](C[NH+]4CCc5cc(OC)c(OC)cc5C4)[C@H]3C[C@H]12. The van der Waals surface area contributed by atoms with Crippen molar-refractivity contribution in [3.8, 4) is 11.5 Å². The lowest BCUT2D eigenvalue weighted by Gasteiger charge is -2.50. The van der Waals surface area contributed by atoms with Crippen LogP contribution in [0.15, 0.2) is 24.3 Å². The lowest BCUT2D eigenvalue weighted by atomic mass is 9.55. The predicted molar refractivity (Wildman–Crippen MR) is 118 cm³/mol. The molecule has 4 aliphatic rings. The molecule has 2 aliphatic heterocycles. The molecule has 0 radical (unpaired) electrons. The van der Waals surface area contributed by atoms with Gasteiger partial charge in [0.2, 0.25) is 0 Å². The van der Waals surface area contributed by atoms with Crippen molar-refractivity contribution < 1.29 is 23.9 Å². The number of methoxy groups -OCH3 is 2. The highest BCUT2D eigenvalue weighted by Crippen LogP contribution is 2.56. The number of hydrogen-bond donors (Lipinski definition) is 1. The smallest absolute Gasteiger partial charge is 0.315 e. The number of allylic oxidation sites excluding steroid dienone is 1. The van der Waals surface area contributed by atoms with Crippen LogP contribution in [0.25, 0.3) is 0 Å². The van der Waals surface area contributed by atoms with Crippen LogP contribution in [0.2, 0.25) is 0 Å². The van der Waals surface area contributed by atoms with Crippen molar-refractivity contribution in [2.24, 2.45) is 23.2 Å². The second-order valence-electron chi connectivity index (χ2n) is 10.5. The van der Waals surface area contributed by atoms with Gasteiger partial charge in [-0.1, -0.05) is 19.1 Å². The zero-order valence-electron chi connectivity index (χ0n) is 19.2. The van der Waals surface area contributed by atoms with Crippen LogP contribution in [0, 0.1) is 23.2 Å². The monoisotopic (exact) mass is 426 g/mol. The average Bonchev–Trinajstić information content (AvgIpc) is 3.04. The van der Waals surface area contributed by atoms with Gasteiger partial charge in [0.05, 0.1) is 27.3 Å². The molecule has 5 heteroatoms. The third kappa shape index (κ3) is 3.55. The molecule has 168 valence electrons. The summed E-state index contributed by atoms with van der Waals surface area (Å²) in [5, 5.41) is 0. The molecule has 2 aliphatic carbocycles. The number of fused-ring (bicyclic) bond motifs is 3. The summed E-state index contributed by atoms with van der Waals surface area (Å²) in [5.41, 5.74) is 4.31. The molecule has 5 nitrogen and oxygen atoms in total. The first-order valence-electron chi connectivity index (χ1n) is 11.9. The van der Waals surface area contributed by atoms with E-state index in [4.69, 9.17) is 14.2 Å². The largest absolute Gasteiger partial charge is 0.493 e. The highest BCUT2D eigenvalue weighted by Gasteiger charge is 2.56. The molecule has 0 amide bonds. The summed E-state index contributed by atoms with van der Waals surface area (Å²) in [6, 6.07) is 4.22. The summed E-state index contributed by atoms with van der Waals surface area (Å²) in [7, 11) is 3.37. The Labute approximate surface area is 185 Å². The van der Waals surface area contributed by atoms with Gasteiger partial charge in [-0.15, -0.1) is 0 Å². The minimum Gasteiger partial charge on any atom is -0.493 e. The second kappa shape index (κ2) is 7.84. The van der Waals surface area contributed by atoms with Crippen LogP contribution in [0.3, 0.4) is 0 Å². The van der Waals surface area contributed by atoms with Gasteiger partial charge in [-0.2, -0.15) is 0 Å². The Balaban J connectivity index is 1.32. The van der Waals surface area contributed by atoms with Gasteiger partial charge < -0.3 is 19.1 Å². The zero-order chi connectivity index (χ0) is 21.8. The van der Waals surface area contributed by atoms with Crippen molar-refractivity contribution in [3.63, 3.8) is 0 Å². The fourth-order valence-corrected chi connectivity index (χ4v) is 7.00. The Morgan fingerprint density at radius 3 is 2.68 bits per heavy atom. The van der Waals surface area contributed by atoms with Gasteiger partial charge in [0.1, 0.15) is 18.6 Å². The van der Waals surface area contributed by atoms with Gasteiger partial charge in [-0.25, -0.2) is 0 Å². The summed E-state index contributed by atoms with van der Waals surface area (Å²) in [6.45, 7) is 9.64. The van der Waals surface area contributed by atoms with Crippen molar-refractivity contribution in [2.45, 2.75) is 58.1 Å². The molecule has 6 atom stereocenters. The molecule has 1 unspecified atom stereocenters. The molecule has 1 aromatic carbocycles. The Bertz CT molecular complexity index is 896. The van der Waals surface area contributed by atoms with Crippen LogP contribution in [0.4, 0.5) is 0 Å². The van der Waals surface area contributed by atoms with Crippen LogP contribution in [0.1, 0.15) is 50.2 Å². The lowest BCUT2D eigenvalue weighted by molar-refractivity contribution is -0.918. The molecular formula is C26H36NO4+. The van der Waals surface area contributed by atoms with E-state index in [-0.39, 0.29) is 23.4 Å². The predicted octanol–water partition coefficient (Wildman–Crippen LogP) is 2.96. The molecule has 1 saturated heterocycles. The van der Waals surface area contributed by atoms with E-state index < -0.39 is 0 Å². The Hall–Kier alpha value is -2.01. The van der Waals surface area contributed by atoms with Crippen molar-refractivity contribution >= 4 is 5.97 Å². The number of rotatable bonds is 4. The summed E-state index contributed by atoms with van der Waals surface area (Å²) < 4.78 is 17.0. The summed E-state index contributed by atoms with van der Waals surface area (Å²) in [5.74, 6) is 2.53. The second-order valence-corrected chi connectivity index (χ2v) is 10.5. The molecule has 1 N–H and O–H groups in total. The Morgan fingerprint density at radius 1 is 1.19 bits per heavy atom. The molecule has 31 heavy (non-hydrogen) atoms. The number of nitrogens with one attached hydrogen (secondary N) is 1. The first kappa shape index (κ1) is 20.9. The third-order valence-electron chi connectivity index (χ3n) is 8.72. The first-order valence-corrected chi connectivity index (χ1v) is 11.9. The number of ether oxygens (including phenoxy) is 3. The van der Waals surface area contributed by atoms with E-state index in [1.54, 1.807) is 14.2 Å². The molecule has 2 saturated carbocycles. The van der Waals surface area contributed by atoms with Crippen molar-refractivity contribution in [2.75, 3.05) is 27.3 Å². The molecular weight excluding hydrogens is 390 g/mol. The van der Waals surface area contributed by atoms with E-state index >= 15 is 0 Å². The molecule has 3 fully saturated rings. The van der Waals surface area contributed by atoms with Crippen LogP contribution in [-0.2, 0) is 22.5 Å². The maximum absolute atomic E-state index is 12.9. The molecule has 1 aromatic rings. The molecule has 0 aromatic heterocycles. The number of esters is 1. The fourth-order valence-electron chi connectivity index (χ4n) is 7.00. The van der Waals surface area contributed by atoms with Crippen molar-refractivity contribution in [3.05, 3.63) is 35.4 Å². The minimum atomic E-state index is 0.0148. The molecule has 0 spiro atoms. The van der Waals surface area contributed by atoms with E-state index in [9.17, 15) is 4.79 Å². The van der Waals surface area contributed by atoms with Gasteiger partial charge in [-0.05, 0) is 61.1 Å². The van der Waals surface area contributed by atoms with E-state index in [2.05, 4.69) is 25.6 Å². The number of carbonyl (C=O) groups is 1. The number of benzene rings is 1. The number of hydrogen-bond acceptors (Lipinski definition) is 4. The highest BCUT2D eigenvalue weighted by molar-refractivity contribution is 5.75. The van der Waals surface area contributed by atoms with Gasteiger partial charge in [-0.3, -0.25) is 4.79 Å². The maximum Gasteiger partial charge on any atom is 0.315 e. The lowest BCUT2D eigenvalue weighted by Crippen LogP contribution is -3.12. The zero-order valence-corrected chi connectivity index (χ0v) is 19.2. The van der Waals surface area contributed by atoms with Crippen LogP contribution < -0.4 is 14.4 Å². The normalized spacial score (nSPS) is 36.8. The van der Waals surface area contributed by atoms with Crippen LogP contribution in [-0.4, -0.2) is 39.4 Å². The highest BCUT2D eigenvalue weighted by atomic mass is 16.6. The minimum absolute atomic E-state index is 0.0148. The summed E-state index contributed by atoms with van der Waals surface area (Å²) in [6.07, 6.45) is 6.80. The van der Waals surface area contributed by atoms with Crippen molar-refractivity contribution in [1.82, 2.24) is 0 Å². The first-order chi connectivity index (χ1) is 14.9. The van der Waals surface area contributed by atoms with Gasteiger partial charge in [0.25, 0.3) is 0 Å². The standard InChI is InChI=1S/C26H35NO4/c1-16-6-5-8-26(2)13-24-19(12-21(16)26)20(25(28)31-24)15-27-9-7-17-10-22(29-3)23(30-4)11-18(17)14-27/h10-11,19-21,24H,1,5-9,12-15H2,2-4H3/p+1/t19-,20-,21-,24-,26-/m1/s1. The van der Waals surface area contributed by atoms with Crippen LogP contribution in [0.5, 0.6) is 11.5 Å². The molecule has 2 heterocycles. The van der Waals surface area contributed by atoms with Crippen LogP contribution >= 0.6 is 0 Å². The van der Waals surface area contributed by atoms with E-state index in [1.807, 2.05) is 0 Å². The van der Waals surface area contributed by atoms with Crippen molar-refractivity contribution in [1.29, 1.82) is 0 Å². The quantitative estimate of drug-likeness (QED) is 0.594. The Morgan fingerprint density at radius 2 is 1.94 bits per heavy atom. The van der Waals surface area contributed by atoms with E-state index in [0.717, 1.165) is 56.8 Å². The van der Waals surface area contributed by atoms with Gasteiger partial charge in [0.15, 0.2) is 11.5 Å².